The SMILES string of the molecule is CCCCCCC(C)(C)N1C(=O)C2CCCCCCCC2C1=O. The molecule has 2 rings (SSSR count). The van der Waals surface area contributed by atoms with E-state index in [1.54, 1.807) is 4.90 Å². The average molecular weight is 322 g/mol. The first-order chi connectivity index (χ1) is 11.0. The topological polar surface area (TPSA) is 37.4 Å². The Hall–Kier alpha value is -0.860. The van der Waals surface area contributed by atoms with Gasteiger partial charge in [-0.1, -0.05) is 64.7 Å². The molecule has 0 N–H and O–H groups in total. The molecule has 0 bridgehead atoms. The molecule has 0 aromatic carbocycles. The molecular formula is C20H35NO2. The van der Waals surface area contributed by atoms with Gasteiger partial charge in [0.25, 0.3) is 0 Å². The minimum absolute atomic E-state index is 0.0319. The number of carbonyl (C=O) groups is 2. The minimum atomic E-state index is -0.320. The van der Waals surface area contributed by atoms with E-state index in [4.69, 9.17) is 0 Å². The molecule has 3 nitrogen and oxygen atoms in total. The highest BCUT2D eigenvalue weighted by Crippen LogP contribution is 2.40. The van der Waals surface area contributed by atoms with E-state index in [1.165, 1.54) is 38.5 Å². The lowest BCUT2D eigenvalue weighted by molar-refractivity contribution is -0.146. The third kappa shape index (κ3) is 4.36. The van der Waals surface area contributed by atoms with Crippen molar-refractivity contribution < 1.29 is 9.59 Å². The third-order valence-corrected chi connectivity index (χ3v) is 5.84. The van der Waals surface area contributed by atoms with Gasteiger partial charge in [-0.2, -0.15) is 0 Å². The fraction of sp³-hybridized carbons (Fsp3) is 0.900. The largest absolute Gasteiger partial charge is 0.276 e. The Morgan fingerprint density at radius 2 is 1.39 bits per heavy atom. The number of amides is 2. The van der Waals surface area contributed by atoms with Crippen LogP contribution in [-0.2, 0) is 9.59 Å². The van der Waals surface area contributed by atoms with Gasteiger partial charge in [-0.3, -0.25) is 14.5 Å². The summed E-state index contributed by atoms with van der Waals surface area (Å²) >= 11 is 0. The second-order valence-corrected chi connectivity index (χ2v) is 8.19. The Bertz CT molecular complexity index is 390. The smallest absolute Gasteiger partial charge is 0.233 e. The summed E-state index contributed by atoms with van der Waals surface area (Å²) in [4.78, 5) is 27.6. The van der Waals surface area contributed by atoms with Crippen LogP contribution in [0.2, 0.25) is 0 Å². The van der Waals surface area contributed by atoms with Crippen LogP contribution in [0, 0.1) is 11.8 Å². The summed E-state index contributed by atoms with van der Waals surface area (Å²) in [5, 5.41) is 0. The molecule has 1 aliphatic heterocycles. The molecule has 1 saturated heterocycles. The number of imide groups is 1. The van der Waals surface area contributed by atoms with Gasteiger partial charge in [-0.15, -0.1) is 0 Å². The van der Waals surface area contributed by atoms with Crippen molar-refractivity contribution in [2.45, 2.75) is 103 Å². The maximum atomic E-state index is 13.0. The van der Waals surface area contributed by atoms with Gasteiger partial charge in [-0.05, 0) is 33.1 Å². The molecule has 2 aliphatic rings. The van der Waals surface area contributed by atoms with Crippen LogP contribution >= 0.6 is 0 Å². The number of carbonyl (C=O) groups excluding carboxylic acids is 2. The second-order valence-electron chi connectivity index (χ2n) is 8.19. The van der Waals surface area contributed by atoms with E-state index in [0.29, 0.717) is 0 Å². The molecule has 3 heteroatoms. The zero-order valence-electron chi connectivity index (χ0n) is 15.4. The van der Waals surface area contributed by atoms with Gasteiger partial charge in [0.05, 0.1) is 11.8 Å². The molecule has 0 spiro atoms. The molecule has 0 aromatic rings. The summed E-state index contributed by atoms with van der Waals surface area (Å²) in [5.74, 6) is 0.191. The average Bonchev–Trinajstić information content (AvgIpc) is 2.81. The van der Waals surface area contributed by atoms with Crippen molar-refractivity contribution in [3.05, 3.63) is 0 Å². The number of rotatable bonds is 6. The summed E-state index contributed by atoms with van der Waals surface area (Å²) in [6.07, 6.45) is 13.4. The van der Waals surface area contributed by atoms with Crippen molar-refractivity contribution in [1.82, 2.24) is 4.90 Å². The maximum Gasteiger partial charge on any atom is 0.233 e. The molecule has 0 aromatic heterocycles. The fourth-order valence-electron chi connectivity index (χ4n) is 4.39. The molecule has 132 valence electrons. The zero-order chi connectivity index (χ0) is 16.9. The van der Waals surface area contributed by atoms with E-state index in [9.17, 15) is 9.59 Å². The van der Waals surface area contributed by atoms with Gasteiger partial charge in [0, 0.05) is 5.54 Å². The van der Waals surface area contributed by atoms with E-state index < -0.39 is 0 Å². The molecule has 2 fully saturated rings. The molecule has 1 heterocycles. The first kappa shape index (κ1) is 18.5. The van der Waals surface area contributed by atoms with Crippen LogP contribution in [0.15, 0.2) is 0 Å². The van der Waals surface area contributed by atoms with Gasteiger partial charge >= 0.3 is 0 Å². The molecule has 23 heavy (non-hydrogen) atoms. The summed E-state index contributed by atoms with van der Waals surface area (Å²) < 4.78 is 0. The molecule has 1 aliphatic carbocycles. The highest BCUT2D eigenvalue weighted by Gasteiger charge is 2.51. The van der Waals surface area contributed by atoms with Crippen molar-refractivity contribution >= 4 is 11.8 Å². The lowest BCUT2D eigenvalue weighted by Gasteiger charge is -2.34. The standard InChI is InChI=1S/C20H35NO2/c1-4-5-6-12-15-20(2,3)21-18(22)16-13-10-8-7-9-11-14-17(16)19(21)23/h16-17H,4-15H2,1-3H3. The Morgan fingerprint density at radius 3 is 1.91 bits per heavy atom. The number of unbranched alkanes of at least 4 members (excludes halogenated alkanes) is 3. The first-order valence-corrected chi connectivity index (χ1v) is 9.87. The van der Waals surface area contributed by atoms with Crippen LogP contribution in [0.5, 0.6) is 0 Å². The van der Waals surface area contributed by atoms with Crippen LogP contribution < -0.4 is 0 Å². The number of likely N-dealkylation sites (tertiary alicyclic amines) is 1. The van der Waals surface area contributed by atoms with Crippen LogP contribution in [0.1, 0.15) is 97.8 Å². The first-order valence-electron chi connectivity index (χ1n) is 9.87. The number of hydrogen-bond acceptors (Lipinski definition) is 2. The van der Waals surface area contributed by atoms with Crippen LogP contribution in [0.3, 0.4) is 0 Å². The molecule has 1 saturated carbocycles. The molecular weight excluding hydrogens is 286 g/mol. The van der Waals surface area contributed by atoms with E-state index in [-0.39, 0.29) is 29.2 Å². The normalized spacial score (nSPS) is 26.7. The van der Waals surface area contributed by atoms with Gasteiger partial charge in [0.15, 0.2) is 0 Å². The molecule has 2 atom stereocenters. The highest BCUT2D eigenvalue weighted by molar-refractivity contribution is 6.05. The van der Waals surface area contributed by atoms with Crippen molar-refractivity contribution in [2.24, 2.45) is 11.8 Å². The van der Waals surface area contributed by atoms with E-state index in [0.717, 1.165) is 38.5 Å². The third-order valence-electron chi connectivity index (χ3n) is 5.84. The number of fused-ring (bicyclic) bond motifs is 1. The zero-order valence-corrected chi connectivity index (χ0v) is 15.4. The Labute approximate surface area is 142 Å². The van der Waals surface area contributed by atoms with Gasteiger partial charge in [-0.25, -0.2) is 0 Å². The Balaban J connectivity index is 2.06. The molecule has 2 amide bonds. The number of hydrogen-bond donors (Lipinski definition) is 0. The predicted molar refractivity (Wildman–Crippen MR) is 94.0 cm³/mol. The van der Waals surface area contributed by atoms with Crippen molar-refractivity contribution in [1.29, 1.82) is 0 Å². The van der Waals surface area contributed by atoms with Gasteiger partial charge in [0.2, 0.25) is 11.8 Å². The summed E-state index contributed by atoms with van der Waals surface area (Å²) in [7, 11) is 0. The van der Waals surface area contributed by atoms with Crippen LogP contribution in [-0.4, -0.2) is 22.3 Å². The van der Waals surface area contributed by atoms with Crippen LogP contribution in [0.4, 0.5) is 0 Å². The number of nitrogens with zero attached hydrogens (tertiary/aromatic N) is 1. The second kappa shape index (κ2) is 8.30. The molecule has 0 radical (unpaired) electrons. The minimum Gasteiger partial charge on any atom is -0.276 e. The monoisotopic (exact) mass is 321 g/mol. The maximum absolute atomic E-state index is 13.0. The fourth-order valence-corrected chi connectivity index (χ4v) is 4.39. The lowest BCUT2D eigenvalue weighted by Crippen LogP contribution is -2.48. The lowest BCUT2D eigenvalue weighted by atomic mass is 9.88. The van der Waals surface area contributed by atoms with Crippen molar-refractivity contribution in [2.75, 3.05) is 0 Å². The van der Waals surface area contributed by atoms with Crippen molar-refractivity contribution in [3.63, 3.8) is 0 Å². The summed E-state index contributed by atoms with van der Waals surface area (Å²) in [6, 6.07) is 0. The molecule has 2 unspecified atom stereocenters. The van der Waals surface area contributed by atoms with E-state index in [1.807, 2.05) is 0 Å². The van der Waals surface area contributed by atoms with E-state index in [2.05, 4.69) is 20.8 Å². The van der Waals surface area contributed by atoms with Gasteiger partial charge < -0.3 is 0 Å². The van der Waals surface area contributed by atoms with Crippen molar-refractivity contribution in [3.8, 4) is 0 Å². The highest BCUT2D eigenvalue weighted by atomic mass is 16.2. The van der Waals surface area contributed by atoms with Crippen LogP contribution in [0.25, 0.3) is 0 Å². The van der Waals surface area contributed by atoms with E-state index >= 15 is 0 Å². The Kier molecular flexibility index (Phi) is 6.67. The quantitative estimate of drug-likeness (QED) is 0.505. The summed E-state index contributed by atoms with van der Waals surface area (Å²) in [6.45, 7) is 6.37. The summed E-state index contributed by atoms with van der Waals surface area (Å²) in [5.41, 5.74) is -0.320. The Morgan fingerprint density at radius 1 is 0.870 bits per heavy atom. The predicted octanol–water partition coefficient (Wildman–Crippen LogP) is 5.08. The van der Waals surface area contributed by atoms with Gasteiger partial charge in [0.1, 0.15) is 0 Å².